The highest BCUT2D eigenvalue weighted by atomic mass is 79.9. The van der Waals surface area contributed by atoms with Crippen molar-refractivity contribution in [2.45, 2.75) is 4.90 Å². The summed E-state index contributed by atoms with van der Waals surface area (Å²) >= 11 is 6.16. The summed E-state index contributed by atoms with van der Waals surface area (Å²) in [5, 5.41) is 4.72. The minimum Gasteiger partial charge on any atom is -0.497 e. The number of anilines is 1. The van der Waals surface area contributed by atoms with Crippen LogP contribution in [-0.2, 0) is 14.6 Å². The van der Waals surface area contributed by atoms with E-state index in [1.165, 1.54) is 54.0 Å². The second-order valence-electron chi connectivity index (χ2n) is 5.12. The standard InChI is InChI=1S/C16H13BrN2O4S3/c1-23-10-2-4-11(5-3-10)26(21,22)9-15(20)19-16-18-12(8-24-16)13-6-7-14(17)25-13/h2-8H,9H2,1H3,(H,18,19,20). The number of carbonyl (C=O) groups excluding carboxylic acids is 1. The third-order valence-electron chi connectivity index (χ3n) is 3.32. The second kappa shape index (κ2) is 7.87. The normalized spacial score (nSPS) is 11.3. The fourth-order valence-electron chi connectivity index (χ4n) is 2.09. The van der Waals surface area contributed by atoms with E-state index < -0.39 is 21.5 Å². The molecule has 3 aromatic rings. The Morgan fingerprint density at radius 2 is 1.96 bits per heavy atom. The van der Waals surface area contributed by atoms with E-state index in [0.717, 1.165) is 14.4 Å². The molecule has 26 heavy (non-hydrogen) atoms. The molecule has 136 valence electrons. The van der Waals surface area contributed by atoms with Crippen LogP contribution < -0.4 is 10.1 Å². The number of ether oxygens (including phenoxy) is 1. The van der Waals surface area contributed by atoms with Gasteiger partial charge in [-0.15, -0.1) is 22.7 Å². The van der Waals surface area contributed by atoms with Gasteiger partial charge < -0.3 is 10.1 Å². The third kappa shape index (κ3) is 4.50. The van der Waals surface area contributed by atoms with Crippen molar-refractivity contribution in [3.63, 3.8) is 0 Å². The molecule has 0 atom stereocenters. The van der Waals surface area contributed by atoms with Crippen molar-refractivity contribution >= 4 is 59.5 Å². The van der Waals surface area contributed by atoms with Crippen LogP contribution >= 0.6 is 38.6 Å². The average Bonchev–Trinajstić information content (AvgIpc) is 3.23. The fraction of sp³-hybridized carbons (Fsp3) is 0.125. The molecule has 0 aliphatic rings. The highest BCUT2D eigenvalue weighted by Gasteiger charge is 2.20. The lowest BCUT2D eigenvalue weighted by Crippen LogP contribution is -2.22. The van der Waals surface area contributed by atoms with E-state index in [1.54, 1.807) is 0 Å². The first-order chi connectivity index (χ1) is 12.4. The van der Waals surface area contributed by atoms with Gasteiger partial charge in [0, 0.05) is 5.38 Å². The number of thiophene rings is 1. The van der Waals surface area contributed by atoms with Crippen molar-refractivity contribution in [1.82, 2.24) is 4.98 Å². The van der Waals surface area contributed by atoms with Crippen molar-refractivity contribution in [3.8, 4) is 16.3 Å². The summed E-state index contributed by atoms with van der Waals surface area (Å²) in [5.74, 6) is -0.739. The van der Waals surface area contributed by atoms with Gasteiger partial charge in [-0.25, -0.2) is 13.4 Å². The largest absolute Gasteiger partial charge is 0.497 e. The number of hydrogen-bond donors (Lipinski definition) is 1. The molecule has 0 fully saturated rings. The van der Waals surface area contributed by atoms with Crippen molar-refractivity contribution in [3.05, 3.63) is 45.6 Å². The van der Waals surface area contributed by atoms with Crippen LogP contribution in [-0.4, -0.2) is 32.2 Å². The number of rotatable bonds is 6. The summed E-state index contributed by atoms with van der Waals surface area (Å²) in [6.07, 6.45) is 0. The molecule has 0 saturated heterocycles. The lowest BCUT2D eigenvalue weighted by molar-refractivity contribution is -0.113. The number of halogens is 1. The summed E-state index contributed by atoms with van der Waals surface area (Å²) < 4.78 is 30.7. The molecule has 0 unspecified atom stereocenters. The van der Waals surface area contributed by atoms with Gasteiger partial charge in [0.05, 0.1) is 26.4 Å². The Hall–Kier alpha value is -1.75. The van der Waals surface area contributed by atoms with E-state index in [-0.39, 0.29) is 4.90 Å². The van der Waals surface area contributed by atoms with Gasteiger partial charge in [-0.1, -0.05) is 0 Å². The summed E-state index contributed by atoms with van der Waals surface area (Å²) in [6.45, 7) is 0. The van der Waals surface area contributed by atoms with Crippen LogP contribution in [0.15, 0.2) is 50.5 Å². The molecular formula is C16H13BrN2O4S3. The molecule has 6 nitrogen and oxygen atoms in total. The first-order valence-corrected chi connectivity index (χ1v) is 11.4. The second-order valence-corrected chi connectivity index (χ2v) is 10.4. The van der Waals surface area contributed by atoms with Gasteiger partial charge in [0.1, 0.15) is 11.5 Å². The lowest BCUT2D eigenvalue weighted by Gasteiger charge is -2.05. The molecule has 0 bridgehead atoms. The maximum atomic E-state index is 12.3. The Bertz CT molecular complexity index is 1030. The van der Waals surface area contributed by atoms with Crippen LogP contribution in [0.4, 0.5) is 5.13 Å². The molecule has 2 aromatic heterocycles. The Balaban J connectivity index is 1.67. The van der Waals surface area contributed by atoms with E-state index in [2.05, 4.69) is 26.2 Å². The summed E-state index contributed by atoms with van der Waals surface area (Å²) in [6, 6.07) is 9.74. The first kappa shape index (κ1) is 19.0. The smallest absolute Gasteiger partial charge is 0.241 e. The minimum atomic E-state index is -3.74. The van der Waals surface area contributed by atoms with Crippen molar-refractivity contribution in [1.29, 1.82) is 0 Å². The Morgan fingerprint density at radius 3 is 2.58 bits per heavy atom. The molecule has 1 aromatic carbocycles. The average molecular weight is 473 g/mol. The number of sulfone groups is 1. The molecule has 0 aliphatic heterocycles. The maximum Gasteiger partial charge on any atom is 0.241 e. The van der Waals surface area contributed by atoms with E-state index in [0.29, 0.717) is 10.9 Å². The maximum absolute atomic E-state index is 12.3. The van der Waals surface area contributed by atoms with E-state index in [9.17, 15) is 13.2 Å². The molecule has 2 heterocycles. The summed E-state index contributed by atoms with van der Waals surface area (Å²) in [5.41, 5.74) is 0.735. The number of nitrogens with one attached hydrogen (secondary N) is 1. The molecule has 0 saturated carbocycles. The summed E-state index contributed by atoms with van der Waals surface area (Å²) in [4.78, 5) is 17.5. The van der Waals surface area contributed by atoms with Crippen molar-refractivity contribution in [2.75, 3.05) is 18.2 Å². The zero-order valence-corrected chi connectivity index (χ0v) is 17.5. The van der Waals surface area contributed by atoms with Gasteiger partial charge in [-0.05, 0) is 52.3 Å². The van der Waals surface area contributed by atoms with E-state index >= 15 is 0 Å². The minimum absolute atomic E-state index is 0.0664. The van der Waals surface area contributed by atoms with Gasteiger partial charge in [0.25, 0.3) is 0 Å². The number of aromatic nitrogens is 1. The molecule has 0 spiro atoms. The van der Waals surface area contributed by atoms with Crippen LogP contribution in [0.25, 0.3) is 10.6 Å². The predicted octanol–water partition coefficient (Wildman–Crippen LogP) is 4.06. The number of thiazole rings is 1. The Kier molecular flexibility index (Phi) is 5.76. The molecule has 1 N–H and O–H groups in total. The number of nitrogens with zero attached hydrogens (tertiary/aromatic N) is 1. The van der Waals surface area contributed by atoms with Gasteiger partial charge in [0.2, 0.25) is 5.91 Å². The lowest BCUT2D eigenvalue weighted by atomic mass is 10.3. The van der Waals surface area contributed by atoms with Gasteiger partial charge in [-0.2, -0.15) is 0 Å². The van der Waals surface area contributed by atoms with Crippen molar-refractivity contribution in [2.24, 2.45) is 0 Å². The number of benzene rings is 1. The number of methoxy groups -OCH3 is 1. The highest BCUT2D eigenvalue weighted by molar-refractivity contribution is 9.11. The quantitative estimate of drug-likeness (QED) is 0.584. The van der Waals surface area contributed by atoms with Crippen molar-refractivity contribution < 1.29 is 17.9 Å². The number of carbonyl (C=O) groups is 1. The molecular weight excluding hydrogens is 460 g/mol. The number of amides is 1. The molecule has 0 aliphatic carbocycles. The number of hydrogen-bond acceptors (Lipinski definition) is 7. The summed E-state index contributed by atoms with van der Waals surface area (Å²) in [7, 11) is -2.25. The van der Waals surface area contributed by atoms with Crippen LogP contribution in [0, 0.1) is 0 Å². The fourth-order valence-corrected chi connectivity index (χ4v) is 5.37. The third-order valence-corrected chi connectivity index (χ3v) is 7.35. The van der Waals surface area contributed by atoms with Crippen LogP contribution in [0.1, 0.15) is 0 Å². The first-order valence-electron chi connectivity index (χ1n) is 7.25. The van der Waals surface area contributed by atoms with Crippen LogP contribution in [0.5, 0.6) is 5.75 Å². The van der Waals surface area contributed by atoms with Crippen LogP contribution in [0.2, 0.25) is 0 Å². The van der Waals surface area contributed by atoms with E-state index in [4.69, 9.17) is 4.74 Å². The predicted molar refractivity (Wildman–Crippen MR) is 107 cm³/mol. The Morgan fingerprint density at radius 1 is 1.23 bits per heavy atom. The zero-order valence-electron chi connectivity index (χ0n) is 13.4. The van der Waals surface area contributed by atoms with Gasteiger partial charge in [-0.3, -0.25) is 4.79 Å². The van der Waals surface area contributed by atoms with Gasteiger partial charge in [0.15, 0.2) is 15.0 Å². The monoisotopic (exact) mass is 472 g/mol. The van der Waals surface area contributed by atoms with E-state index in [1.807, 2.05) is 17.5 Å². The zero-order chi connectivity index (χ0) is 18.7. The van der Waals surface area contributed by atoms with Crippen LogP contribution in [0.3, 0.4) is 0 Å². The molecule has 0 radical (unpaired) electrons. The molecule has 3 rings (SSSR count). The Labute approximate surface area is 166 Å². The molecule has 1 amide bonds. The SMILES string of the molecule is COc1ccc(S(=O)(=O)CC(=O)Nc2nc(-c3ccc(Br)s3)cs2)cc1. The van der Waals surface area contributed by atoms with Gasteiger partial charge >= 0.3 is 0 Å². The topological polar surface area (TPSA) is 85.4 Å². The highest BCUT2D eigenvalue weighted by Crippen LogP contribution is 2.33. The molecule has 10 heteroatoms.